The number of benzene rings is 1. The summed E-state index contributed by atoms with van der Waals surface area (Å²) in [7, 11) is -2.64. The topological polar surface area (TPSA) is 92.8 Å². The lowest BCUT2D eigenvalue weighted by atomic mass is 10.0. The number of hydrogen-bond acceptors (Lipinski definition) is 5. The SMILES string of the molecule is CCN(C(=O)COC(=O)c1cc(S(=O)(=O)NC)ccc1F)C1=CCCCC1. The summed E-state index contributed by atoms with van der Waals surface area (Å²) in [5.41, 5.74) is 0.358. The van der Waals surface area contributed by atoms with Gasteiger partial charge in [-0.25, -0.2) is 22.3 Å². The zero-order valence-electron chi connectivity index (χ0n) is 15.3. The van der Waals surface area contributed by atoms with Gasteiger partial charge in [-0.05, 0) is 57.9 Å². The van der Waals surface area contributed by atoms with Gasteiger partial charge in [0.15, 0.2) is 6.61 Å². The molecule has 1 aromatic rings. The van der Waals surface area contributed by atoms with E-state index in [-0.39, 0.29) is 4.90 Å². The van der Waals surface area contributed by atoms with Crippen LogP contribution in [-0.2, 0) is 19.6 Å². The fraction of sp³-hybridized carbons (Fsp3) is 0.444. The molecule has 27 heavy (non-hydrogen) atoms. The van der Waals surface area contributed by atoms with Crippen molar-refractivity contribution in [2.45, 2.75) is 37.5 Å². The van der Waals surface area contributed by atoms with Crippen LogP contribution in [0.15, 0.2) is 34.9 Å². The fourth-order valence-electron chi connectivity index (χ4n) is 2.83. The van der Waals surface area contributed by atoms with Gasteiger partial charge in [-0.2, -0.15) is 0 Å². The molecule has 1 aromatic carbocycles. The quantitative estimate of drug-likeness (QED) is 0.711. The van der Waals surface area contributed by atoms with E-state index in [0.717, 1.165) is 49.6 Å². The van der Waals surface area contributed by atoms with E-state index in [1.807, 2.05) is 13.0 Å². The summed E-state index contributed by atoms with van der Waals surface area (Å²) in [6.45, 7) is 1.71. The van der Waals surface area contributed by atoms with Crippen LogP contribution >= 0.6 is 0 Å². The maximum atomic E-state index is 13.9. The molecule has 1 aliphatic carbocycles. The first kappa shape index (κ1) is 21.0. The average molecular weight is 398 g/mol. The van der Waals surface area contributed by atoms with Crippen molar-refractivity contribution in [2.24, 2.45) is 0 Å². The molecule has 9 heteroatoms. The molecule has 0 aromatic heterocycles. The zero-order valence-corrected chi connectivity index (χ0v) is 16.1. The molecule has 0 atom stereocenters. The van der Waals surface area contributed by atoms with E-state index in [1.54, 1.807) is 4.90 Å². The van der Waals surface area contributed by atoms with Crippen molar-refractivity contribution < 1.29 is 27.1 Å². The number of allylic oxidation sites excluding steroid dienone is 2. The number of ether oxygens (including phenoxy) is 1. The highest BCUT2D eigenvalue weighted by atomic mass is 32.2. The zero-order chi connectivity index (χ0) is 20.0. The summed E-state index contributed by atoms with van der Waals surface area (Å²) >= 11 is 0. The van der Waals surface area contributed by atoms with Crippen LogP contribution in [0.3, 0.4) is 0 Å². The largest absolute Gasteiger partial charge is 0.452 e. The Balaban J connectivity index is 2.10. The van der Waals surface area contributed by atoms with E-state index in [4.69, 9.17) is 4.74 Å². The third kappa shape index (κ3) is 5.14. The van der Waals surface area contributed by atoms with Gasteiger partial charge in [0.1, 0.15) is 5.82 Å². The molecule has 0 saturated heterocycles. The number of nitrogens with one attached hydrogen (secondary N) is 1. The van der Waals surface area contributed by atoms with E-state index in [1.165, 1.54) is 7.05 Å². The molecule has 2 rings (SSSR count). The van der Waals surface area contributed by atoms with Gasteiger partial charge in [-0.3, -0.25) is 4.79 Å². The number of esters is 1. The van der Waals surface area contributed by atoms with E-state index < -0.39 is 39.9 Å². The summed E-state index contributed by atoms with van der Waals surface area (Å²) in [6.07, 6.45) is 5.75. The number of halogens is 1. The Bertz CT molecular complexity index is 851. The lowest BCUT2D eigenvalue weighted by Gasteiger charge is -2.26. The molecule has 1 N–H and O–H groups in total. The second kappa shape index (κ2) is 9.09. The maximum absolute atomic E-state index is 13.9. The molecule has 0 unspecified atom stereocenters. The Hall–Kier alpha value is -2.26. The molecule has 7 nitrogen and oxygen atoms in total. The predicted molar refractivity (Wildman–Crippen MR) is 96.9 cm³/mol. The van der Waals surface area contributed by atoms with Crippen molar-refractivity contribution in [2.75, 3.05) is 20.2 Å². The minimum Gasteiger partial charge on any atom is -0.452 e. The molecule has 1 amide bonds. The molecule has 0 radical (unpaired) electrons. The van der Waals surface area contributed by atoms with Crippen molar-refractivity contribution in [1.82, 2.24) is 9.62 Å². The van der Waals surface area contributed by atoms with Crippen LogP contribution < -0.4 is 4.72 Å². The highest BCUT2D eigenvalue weighted by molar-refractivity contribution is 7.89. The minimum atomic E-state index is -3.84. The molecule has 0 fully saturated rings. The normalized spacial score (nSPS) is 14.4. The summed E-state index contributed by atoms with van der Waals surface area (Å²) in [5.74, 6) is -2.43. The Morgan fingerprint density at radius 3 is 2.63 bits per heavy atom. The Kier molecular flexibility index (Phi) is 7.09. The fourth-order valence-corrected chi connectivity index (χ4v) is 3.59. The van der Waals surface area contributed by atoms with Crippen LogP contribution in [0.25, 0.3) is 0 Å². The van der Waals surface area contributed by atoms with Crippen molar-refractivity contribution >= 4 is 21.9 Å². The number of hydrogen-bond donors (Lipinski definition) is 1. The lowest BCUT2D eigenvalue weighted by Crippen LogP contribution is -2.34. The predicted octanol–water partition coefficient (Wildman–Crippen LogP) is 2.20. The third-order valence-electron chi connectivity index (χ3n) is 4.29. The van der Waals surface area contributed by atoms with Gasteiger partial charge in [-0.15, -0.1) is 0 Å². The van der Waals surface area contributed by atoms with E-state index in [0.29, 0.717) is 6.54 Å². The second-order valence-electron chi connectivity index (χ2n) is 6.00. The lowest BCUT2D eigenvalue weighted by molar-refractivity contribution is -0.132. The molecule has 0 saturated carbocycles. The van der Waals surface area contributed by atoms with Gasteiger partial charge in [0.05, 0.1) is 10.5 Å². The van der Waals surface area contributed by atoms with E-state index in [9.17, 15) is 22.4 Å². The summed E-state index contributed by atoms with van der Waals surface area (Å²) in [5, 5.41) is 0. The summed E-state index contributed by atoms with van der Waals surface area (Å²) < 4.78 is 44.6. The highest BCUT2D eigenvalue weighted by Gasteiger charge is 2.22. The van der Waals surface area contributed by atoms with Gasteiger partial charge in [-0.1, -0.05) is 6.08 Å². The first-order chi connectivity index (χ1) is 12.8. The molecular formula is C18H23FN2O5S. The highest BCUT2D eigenvalue weighted by Crippen LogP contribution is 2.21. The van der Waals surface area contributed by atoms with Gasteiger partial charge < -0.3 is 9.64 Å². The van der Waals surface area contributed by atoms with Gasteiger partial charge >= 0.3 is 5.97 Å². The standard InChI is InChI=1S/C18H23FN2O5S/c1-3-21(13-7-5-4-6-8-13)17(22)12-26-18(23)15-11-14(9-10-16(15)19)27(24,25)20-2/h7,9-11,20H,3-6,8,12H2,1-2H3. The molecule has 1 aliphatic rings. The molecule has 0 spiro atoms. The van der Waals surface area contributed by atoms with Gasteiger partial charge in [0.25, 0.3) is 5.91 Å². The van der Waals surface area contributed by atoms with Crippen molar-refractivity contribution in [1.29, 1.82) is 0 Å². The monoisotopic (exact) mass is 398 g/mol. The number of carbonyl (C=O) groups excluding carboxylic acids is 2. The molecular weight excluding hydrogens is 375 g/mol. The molecule has 0 bridgehead atoms. The van der Waals surface area contributed by atoms with Crippen molar-refractivity contribution in [3.05, 3.63) is 41.4 Å². The second-order valence-corrected chi connectivity index (χ2v) is 7.89. The third-order valence-corrected chi connectivity index (χ3v) is 5.71. The first-order valence-electron chi connectivity index (χ1n) is 8.69. The van der Waals surface area contributed by atoms with E-state index in [2.05, 4.69) is 4.72 Å². The van der Waals surface area contributed by atoms with E-state index >= 15 is 0 Å². The van der Waals surface area contributed by atoms with Gasteiger partial charge in [0, 0.05) is 12.2 Å². The maximum Gasteiger partial charge on any atom is 0.341 e. The Morgan fingerprint density at radius 2 is 2.04 bits per heavy atom. The number of nitrogens with zero attached hydrogens (tertiary/aromatic N) is 1. The summed E-state index contributed by atoms with van der Waals surface area (Å²) in [4.78, 5) is 25.8. The first-order valence-corrected chi connectivity index (χ1v) is 10.2. The van der Waals surface area contributed by atoms with Crippen molar-refractivity contribution in [3.63, 3.8) is 0 Å². The van der Waals surface area contributed by atoms with Crippen LogP contribution in [0.4, 0.5) is 4.39 Å². The van der Waals surface area contributed by atoms with Crippen molar-refractivity contribution in [3.8, 4) is 0 Å². The average Bonchev–Trinajstić information content (AvgIpc) is 2.67. The minimum absolute atomic E-state index is 0.271. The molecule has 0 aliphatic heterocycles. The number of rotatable bonds is 7. The Morgan fingerprint density at radius 1 is 1.30 bits per heavy atom. The summed E-state index contributed by atoms with van der Waals surface area (Å²) in [6, 6.07) is 2.79. The molecule has 0 heterocycles. The Labute approximate surface area is 158 Å². The van der Waals surface area contributed by atoms with Crippen LogP contribution in [-0.4, -0.2) is 45.4 Å². The van der Waals surface area contributed by atoms with Crippen LogP contribution in [0, 0.1) is 5.82 Å². The molecule has 148 valence electrons. The number of amides is 1. The van der Waals surface area contributed by atoms with Crippen LogP contribution in [0.5, 0.6) is 0 Å². The van der Waals surface area contributed by atoms with Crippen LogP contribution in [0.1, 0.15) is 43.0 Å². The number of sulfonamides is 1. The smallest absolute Gasteiger partial charge is 0.341 e. The number of carbonyl (C=O) groups is 2. The van der Waals surface area contributed by atoms with Crippen LogP contribution in [0.2, 0.25) is 0 Å². The van der Waals surface area contributed by atoms with Gasteiger partial charge in [0.2, 0.25) is 10.0 Å². The number of likely N-dealkylation sites (N-methyl/N-ethyl adjacent to an activating group) is 1.